The quantitative estimate of drug-likeness (QED) is 0.928. The maximum Gasteiger partial charge on any atom is 0.191 e. The molecule has 0 aromatic heterocycles. The molecule has 0 amide bonds. The molecule has 0 spiro atoms. The van der Waals surface area contributed by atoms with Crippen molar-refractivity contribution in [1.82, 2.24) is 4.90 Å². The molecule has 2 N–H and O–H groups in total. The van der Waals surface area contributed by atoms with Crippen molar-refractivity contribution in [1.29, 1.82) is 0 Å². The van der Waals surface area contributed by atoms with Gasteiger partial charge in [0.15, 0.2) is 5.96 Å². The monoisotopic (exact) mass is 267 g/mol. The summed E-state index contributed by atoms with van der Waals surface area (Å²) >= 11 is 0. The highest BCUT2D eigenvalue weighted by Crippen LogP contribution is 2.31. The highest BCUT2D eigenvalue weighted by molar-refractivity contribution is 5.88. The summed E-state index contributed by atoms with van der Waals surface area (Å²) in [4.78, 5) is 6.70. The Bertz CT molecular complexity index is 640. The van der Waals surface area contributed by atoms with Crippen LogP contribution in [0.25, 0.3) is 10.8 Å². The van der Waals surface area contributed by atoms with Crippen LogP contribution in [0.5, 0.6) is 0 Å². The van der Waals surface area contributed by atoms with Crippen LogP contribution in [0.1, 0.15) is 25.5 Å². The van der Waals surface area contributed by atoms with Crippen molar-refractivity contribution in [2.75, 3.05) is 13.1 Å². The Morgan fingerprint density at radius 3 is 2.75 bits per heavy atom. The van der Waals surface area contributed by atoms with Crippen molar-refractivity contribution >= 4 is 16.7 Å². The Labute approximate surface area is 120 Å². The lowest BCUT2D eigenvalue weighted by molar-refractivity contribution is 0.311. The Hall–Kier alpha value is -2.03. The standard InChI is InChI=1S/C17H21N3/c1-12(2)11-20-16(10-19-17(20)18)15-9-5-7-13-6-3-4-8-14(13)15/h3-9,12,16H,10-11H2,1-2H3,(H2,18,19). The second-order valence-corrected chi connectivity index (χ2v) is 5.83. The van der Waals surface area contributed by atoms with E-state index < -0.39 is 0 Å². The fourth-order valence-corrected chi connectivity index (χ4v) is 2.95. The van der Waals surface area contributed by atoms with Crippen molar-refractivity contribution in [2.24, 2.45) is 16.6 Å². The van der Waals surface area contributed by atoms with Crippen molar-refractivity contribution < 1.29 is 0 Å². The lowest BCUT2D eigenvalue weighted by Gasteiger charge is -2.29. The normalized spacial score (nSPS) is 18.9. The van der Waals surface area contributed by atoms with Gasteiger partial charge in [-0.25, -0.2) is 0 Å². The van der Waals surface area contributed by atoms with E-state index in [9.17, 15) is 0 Å². The molecule has 20 heavy (non-hydrogen) atoms. The molecule has 2 aromatic rings. The van der Waals surface area contributed by atoms with Gasteiger partial charge in [-0.15, -0.1) is 0 Å². The Balaban J connectivity index is 2.02. The molecule has 0 fully saturated rings. The first-order valence-electron chi connectivity index (χ1n) is 7.21. The summed E-state index contributed by atoms with van der Waals surface area (Å²) in [5, 5.41) is 2.58. The summed E-state index contributed by atoms with van der Waals surface area (Å²) < 4.78 is 0. The molecule has 3 nitrogen and oxygen atoms in total. The highest BCUT2D eigenvalue weighted by Gasteiger charge is 2.28. The Morgan fingerprint density at radius 2 is 1.95 bits per heavy atom. The average Bonchev–Trinajstić information content (AvgIpc) is 2.79. The van der Waals surface area contributed by atoms with E-state index in [-0.39, 0.29) is 6.04 Å². The van der Waals surface area contributed by atoms with Gasteiger partial charge in [0.1, 0.15) is 0 Å². The van der Waals surface area contributed by atoms with Crippen molar-refractivity contribution in [3.05, 3.63) is 48.0 Å². The summed E-state index contributed by atoms with van der Waals surface area (Å²) in [5.74, 6) is 1.25. The number of guanidine groups is 1. The minimum Gasteiger partial charge on any atom is -0.370 e. The molecule has 2 aromatic carbocycles. The zero-order chi connectivity index (χ0) is 14.1. The van der Waals surface area contributed by atoms with Gasteiger partial charge in [-0.2, -0.15) is 0 Å². The Morgan fingerprint density at radius 1 is 1.20 bits per heavy atom. The molecule has 0 bridgehead atoms. The third-order valence-corrected chi connectivity index (χ3v) is 3.84. The van der Waals surface area contributed by atoms with E-state index in [2.05, 4.69) is 66.2 Å². The van der Waals surface area contributed by atoms with Crippen LogP contribution in [0, 0.1) is 5.92 Å². The van der Waals surface area contributed by atoms with Gasteiger partial charge in [0.2, 0.25) is 0 Å². The third kappa shape index (κ3) is 2.24. The van der Waals surface area contributed by atoms with Crippen molar-refractivity contribution in [3.8, 4) is 0 Å². The number of nitrogens with zero attached hydrogens (tertiary/aromatic N) is 2. The molecule has 3 heteroatoms. The maximum absolute atomic E-state index is 6.08. The topological polar surface area (TPSA) is 41.6 Å². The molecule has 0 aliphatic carbocycles. The van der Waals surface area contributed by atoms with Crippen LogP contribution in [0.3, 0.4) is 0 Å². The fourth-order valence-electron chi connectivity index (χ4n) is 2.95. The summed E-state index contributed by atoms with van der Waals surface area (Å²) in [6.45, 7) is 6.13. The van der Waals surface area contributed by atoms with Crippen LogP contribution in [0.2, 0.25) is 0 Å². The zero-order valence-corrected chi connectivity index (χ0v) is 12.1. The van der Waals surface area contributed by atoms with Crippen LogP contribution in [-0.4, -0.2) is 23.9 Å². The van der Waals surface area contributed by atoms with Crippen LogP contribution in [0.15, 0.2) is 47.5 Å². The average molecular weight is 267 g/mol. The summed E-state index contributed by atoms with van der Waals surface area (Å²) in [5.41, 5.74) is 7.40. The molecule has 1 unspecified atom stereocenters. The van der Waals surface area contributed by atoms with Gasteiger partial charge in [0.05, 0.1) is 12.6 Å². The molecular weight excluding hydrogens is 246 g/mol. The molecular formula is C17H21N3. The van der Waals surface area contributed by atoms with Crippen LogP contribution in [-0.2, 0) is 0 Å². The van der Waals surface area contributed by atoms with E-state index in [0.717, 1.165) is 13.1 Å². The molecule has 1 atom stereocenters. The molecule has 104 valence electrons. The predicted molar refractivity (Wildman–Crippen MR) is 84.7 cm³/mol. The number of nitrogens with two attached hydrogens (primary N) is 1. The largest absolute Gasteiger partial charge is 0.370 e. The van der Waals surface area contributed by atoms with Gasteiger partial charge < -0.3 is 10.6 Å². The van der Waals surface area contributed by atoms with Gasteiger partial charge in [-0.1, -0.05) is 56.3 Å². The maximum atomic E-state index is 6.08. The molecule has 1 aliphatic rings. The van der Waals surface area contributed by atoms with E-state index in [4.69, 9.17) is 5.73 Å². The molecule has 1 heterocycles. The third-order valence-electron chi connectivity index (χ3n) is 3.84. The van der Waals surface area contributed by atoms with E-state index in [1.165, 1.54) is 16.3 Å². The van der Waals surface area contributed by atoms with Crippen molar-refractivity contribution in [3.63, 3.8) is 0 Å². The molecule has 0 saturated carbocycles. The smallest absolute Gasteiger partial charge is 0.191 e. The molecule has 3 rings (SSSR count). The van der Waals surface area contributed by atoms with Gasteiger partial charge >= 0.3 is 0 Å². The number of hydrogen-bond donors (Lipinski definition) is 1. The first-order valence-corrected chi connectivity index (χ1v) is 7.21. The number of benzene rings is 2. The fraction of sp³-hybridized carbons (Fsp3) is 0.353. The summed E-state index contributed by atoms with van der Waals surface area (Å²) in [7, 11) is 0. The number of aliphatic imine (C=N–C) groups is 1. The van der Waals surface area contributed by atoms with Crippen molar-refractivity contribution in [2.45, 2.75) is 19.9 Å². The SMILES string of the molecule is CC(C)CN1C(N)=NCC1c1cccc2ccccc12. The van der Waals surface area contributed by atoms with E-state index in [1.54, 1.807) is 0 Å². The minimum absolute atomic E-state index is 0.267. The van der Waals surface area contributed by atoms with Crippen LogP contribution >= 0.6 is 0 Å². The molecule has 0 saturated heterocycles. The van der Waals surface area contributed by atoms with E-state index in [1.807, 2.05) is 0 Å². The van der Waals surface area contributed by atoms with Gasteiger partial charge in [-0.05, 0) is 22.3 Å². The second-order valence-electron chi connectivity index (χ2n) is 5.83. The first kappa shape index (κ1) is 13.0. The molecule has 0 radical (unpaired) electrons. The minimum atomic E-state index is 0.267. The molecule has 1 aliphatic heterocycles. The number of fused-ring (bicyclic) bond motifs is 1. The second kappa shape index (κ2) is 5.16. The van der Waals surface area contributed by atoms with E-state index >= 15 is 0 Å². The van der Waals surface area contributed by atoms with Crippen LogP contribution < -0.4 is 5.73 Å². The lowest BCUT2D eigenvalue weighted by Crippen LogP contribution is -2.38. The summed E-state index contributed by atoms with van der Waals surface area (Å²) in [6.07, 6.45) is 0. The predicted octanol–water partition coefficient (Wildman–Crippen LogP) is 3.17. The lowest BCUT2D eigenvalue weighted by atomic mass is 9.98. The number of hydrogen-bond acceptors (Lipinski definition) is 3. The van der Waals surface area contributed by atoms with Crippen LogP contribution in [0.4, 0.5) is 0 Å². The Kier molecular flexibility index (Phi) is 3.35. The zero-order valence-electron chi connectivity index (χ0n) is 12.1. The number of rotatable bonds is 3. The highest BCUT2D eigenvalue weighted by atomic mass is 15.3. The van der Waals surface area contributed by atoms with E-state index in [0.29, 0.717) is 11.9 Å². The first-order chi connectivity index (χ1) is 9.66. The van der Waals surface area contributed by atoms with Gasteiger partial charge in [-0.3, -0.25) is 4.99 Å². The van der Waals surface area contributed by atoms with Gasteiger partial charge in [0, 0.05) is 6.54 Å². The van der Waals surface area contributed by atoms with Gasteiger partial charge in [0.25, 0.3) is 0 Å². The summed E-state index contributed by atoms with van der Waals surface area (Å²) in [6, 6.07) is 15.3.